The van der Waals surface area contributed by atoms with Crippen LogP contribution in [-0.4, -0.2) is 6.04 Å². The second-order valence-corrected chi connectivity index (χ2v) is 6.60. The van der Waals surface area contributed by atoms with Gasteiger partial charge in [0, 0.05) is 16.2 Å². The van der Waals surface area contributed by atoms with Crippen molar-refractivity contribution in [2.24, 2.45) is 0 Å². The van der Waals surface area contributed by atoms with Gasteiger partial charge in [-0.05, 0) is 48.6 Å². The highest BCUT2D eigenvalue weighted by Crippen LogP contribution is 2.41. The molecule has 4 heteroatoms. The molecule has 1 aliphatic rings. The van der Waals surface area contributed by atoms with Crippen molar-refractivity contribution in [1.29, 1.82) is 5.26 Å². The Hall–Kier alpha value is -1.50. The molecule has 1 N–H and O–H groups in total. The Morgan fingerprint density at radius 3 is 2.67 bits per heavy atom. The van der Waals surface area contributed by atoms with Gasteiger partial charge >= 0.3 is 0 Å². The maximum atomic E-state index is 9.00. The topological polar surface area (TPSA) is 35.8 Å². The molecular formula is C17H14BrClN2. The summed E-state index contributed by atoms with van der Waals surface area (Å²) in [7, 11) is 0. The van der Waals surface area contributed by atoms with Crippen LogP contribution in [0.3, 0.4) is 0 Å². The van der Waals surface area contributed by atoms with E-state index in [4.69, 9.17) is 16.9 Å². The van der Waals surface area contributed by atoms with Crippen molar-refractivity contribution >= 4 is 33.2 Å². The van der Waals surface area contributed by atoms with Gasteiger partial charge in [0.05, 0.1) is 10.6 Å². The summed E-state index contributed by atoms with van der Waals surface area (Å²) in [5.41, 5.74) is 2.86. The fourth-order valence-electron chi connectivity index (χ4n) is 2.73. The molecule has 0 amide bonds. The zero-order valence-corrected chi connectivity index (χ0v) is 13.7. The number of nitrogens with one attached hydrogen (secondary N) is 1. The minimum absolute atomic E-state index is 0.454. The van der Waals surface area contributed by atoms with Gasteiger partial charge in [0.25, 0.3) is 0 Å². The third kappa shape index (κ3) is 3.07. The van der Waals surface area contributed by atoms with Crippen molar-refractivity contribution in [1.82, 2.24) is 0 Å². The number of hydrogen-bond acceptors (Lipinski definition) is 2. The Bertz CT molecular complexity index is 702. The molecule has 106 valence electrons. The molecule has 0 atom stereocenters. The molecule has 0 radical (unpaired) electrons. The number of halogens is 2. The molecule has 0 aliphatic heterocycles. The lowest BCUT2D eigenvalue weighted by molar-refractivity contribution is 0.373. The van der Waals surface area contributed by atoms with Crippen LogP contribution < -0.4 is 5.32 Å². The normalized spacial score (nSPS) is 20.4. The van der Waals surface area contributed by atoms with Gasteiger partial charge in [-0.15, -0.1) is 0 Å². The van der Waals surface area contributed by atoms with Gasteiger partial charge in [-0.2, -0.15) is 5.26 Å². The Morgan fingerprint density at radius 1 is 1.19 bits per heavy atom. The highest BCUT2D eigenvalue weighted by Gasteiger charge is 2.31. The fourth-order valence-corrected chi connectivity index (χ4v) is 3.50. The quantitative estimate of drug-likeness (QED) is 0.801. The minimum Gasteiger partial charge on any atom is -0.382 e. The average molecular weight is 362 g/mol. The minimum atomic E-state index is 0.454. The first-order valence-corrected chi connectivity index (χ1v) is 8.05. The molecule has 0 saturated heterocycles. The molecule has 3 rings (SSSR count). The molecule has 0 unspecified atom stereocenters. The molecule has 0 heterocycles. The van der Waals surface area contributed by atoms with E-state index < -0.39 is 0 Å². The van der Waals surface area contributed by atoms with Gasteiger partial charge in [-0.3, -0.25) is 0 Å². The molecule has 2 nitrogen and oxygen atoms in total. The number of nitrogens with zero attached hydrogens (tertiary/aromatic N) is 1. The van der Waals surface area contributed by atoms with E-state index in [1.165, 1.54) is 10.0 Å². The lowest BCUT2D eigenvalue weighted by Gasteiger charge is -2.37. The second-order valence-electron chi connectivity index (χ2n) is 5.34. The summed E-state index contributed by atoms with van der Waals surface area (Å²) < 4.78 is 1.19. The molecule has 1 saturated carbocycles. The third-order valence-corrected chi connectivity index (χ3v) is 4.99. The maximum Gasteiger partial charge on any atom is 0.101 e. The molecule has 2 aromatic rings. The van der Waals surface area contributed by atoms with E-state index in [2.05, 4.69) is 45.5 Å². The van der Waals surface area contributed by atoms with Crippen molar-refractivity contribution < 1.29 is 0 Å². The van der Waals surface area contributed by atoms with Crippen molar-refractivity contribution in [2.45, 2.75) is 24.8 Å². The van der Waals surface area contributed by atoms with Crippen LogP contribution in [0, 0.1) is 11.3 Å². The molecule has 0 spiro atoms. The van der Waals surface area contributed by atoms with E-state index in [0.717, 1.165) is 18.5 Å². The summed E-state index contributed by atoms with van der Waals surface area (Å²) in [6, 6.07) is 16.5. The van der Waals surface area contributed by atoms with Crippen LogP contribution >= 0.6 is 27.5 Å². The number of benzene rings is 2. The lowest BCUT2D eigenvalue weighted by Crippen LogP contribution is -2.34. The van der Waals surface area contributed by atoms with Gasteiger partial charge in [-0.1, -0.05) is 45.7 Å². The van der Waals surface area contributed by atoms with E-state index in [1.54, 1.807) is 6.07 Å². The zero-order chi connectivity index (χ0) is 14.8. The number of anilines is 1. The highest BCUT2D eigenvalue weighted by atomic mass is 79.9. The molecule has 21 heavy (non-hydrogen) atoms. The van der Waals surface area contributed by atoms with E-state index in [0.29, 0.717) is 22.5 Å². The molecule has 0 aromatic heterocycles. The fraction of sp³-hybridized carbons (Fsp3) is 0.235. The van der Waals surface area contributed by atoms with Crippen LogP contribution in [0.4, 0.5) is 5.69 Å². The van der Waals surface area contributed by atoms with Crippen LogP contribution in [-0.2, 0) is 0 Å². The lowest BCUT2D eigenvalue weighted by atomic mass is 9.76. The van der Waals surface area contributed by atoms with Gasteiger partial charge in [0.2, 0.25) is 0 Å². The van der Waals surface area contributed by atoms with Gasteiger partial charge < -0.3 is 5.32 Å². The third-order valence-electron chi connectivity index (χ3n) is 3.94. The van der Waals surface area contributed by atoms with E-state index in [-0.39, 0.29) is 0 Å². The summed E-state index contributed by atoms with van der Waals surface area (Å²) in [5, 5.41) is 13.0. The van der Waals surface area contributed by atoms with Crippen LogP contribution in [0.25, 0.3) is 0 Å². The molecule has 1 fully saturated rings. The van der Waals surface area contributed by atoms with Gasteiger partial charge in [-0.25, -0.2) is 0 Å². The van der Waals surface area contributed by atoms with E-state index in [1.807, 2.05) is 18.2 Å². The number of rotatable bonds is 3. The predicted molar refractivity (Wildman–Crippen MR) is 89.7 cm³/mol. The Balaban J connectivity index is 1.63. The average Bonchev–Trinajstić information content (AvgIpc) is 2.45. The zero-order valence-electron chi connectivity index (χ0n) is 11.3. The first-order valence-electron chi connectivity index (χ1n) is 6.88. The summed E-state index contributed by atoms with van der Waals surface area (Å²) in [6.07, 6.45) is 2.21. The predicted octanol–water partition coefficient (Wildman–Crippen LogP) is 5.33. The Kier molecular flexibility index (Phi) is 4.19. The van der Waals surface area contributed by atoms with Crippen molar-refractivity contribution in [2.75, 3.05) is 5.32 Å². The summed E-state index contributed by atoms with van der Waals surface area (Å²) in [5.74, 6) is 0.598. The van der Waals surface area contributed by atoms with Crippen LogP contribution in [0.1, 0.15) is 29.9 Å². The largest absolute Gasteiger partial charge is 0.382 e. The van der Waals surface area contributed by atoms with Gasteiger partial charge in [0.15, 0.2) is 0 Å². The number of hydrogen-bond donors (Lipinski definition) is 1. The van der Waals surface area contributed by atoms with Crippen molar-refractivity contribution in [3.05, 3.63) is 63.1 Å². The first kappa shape index (κ1) is 14.4. The van der Waals surface area contributed by atoms with Crippen LogP contribution in [0.5, 0.6) is 0 Å². The summed E-state index contributed by atoms with van der Waals surface area (Å²) in [6.45, 7) is 0. The first-order chi connectivity index (χ1) is 10.2. The summed E-state index contributed by atoms with van der Waals surface area (Å²) >= 11 is 9.56. The summed E-state index contributed by atoms with van der Waals surface area (Å²) in [4.78, 5) is 0. The smallest absolute Gasteiger partial charge is 0.101 e. The van der Waals surface area contributed by atoms with E-state index >= 15 is 0 Å². The molecule has 1 aliphatic carbocycles. The highest BCUT2D eigenvalue weighted by molar-refractivity contribution is 9.10. The monoisotopic (exact) mass is 360 g/mol. The van der Waals surface area contributed by atoms with E-state index in [9.17, 15) is 0 Å². The molecule has 0 bridgehead atoms. The molecule has 2 aromatic carbocycles. The molecular weight excluding hydrogens is 348 g/mol. The van der Waals surface area contributed by atoms with Crippen molar-refractivity contribution in [3.8, 4) is 6.07 Å². The SMILES string of the molecule is N#Cc1cc(NC2CC(c3ccccc3Br)C2)ccc1Cl. The standard InChI is InChI=1S/C17H14BrClN2/c18-16-4-2-1-3-15(16)11-7-14(8-11)21-13-5-6-17(19)12(9-13)10-20/h1-6,9,11,14,21H,7-8H2. The van der Waals surface area contributed by atoms with Crippen LogP contribution in [0.2, 0.25) is 5.02 Å². The Labute approximate surface area is 137 Å². The number of nitriles is 1. The van der Waals surface area contributed by atoms with Crippen LogP contribution in [0.15, 0.2) is 46.9 Å². The van der Waals surface area contributed by atoms with Crippen molar-refractivity contribution in [3.63, 3.8) is 0 Å². The van der Waals surface area contributed by atoms with Gasteiger partial charge in [0.1, 0.15) is 6.07 Å². The second kappa shape index (κ2) is 6.09. The Morgan fingerprint density at radius 2 is 1.95 bits per heavy atom. The maximum absolute atomic E-state index is 9.00.